The molecule has 5 heteroatoms. The molecule has 3 nitrogen and oxygen atoms in total. The highest BCUT2D eigenvalue weighted by molar-refractivity contribution is 7.19. The Hall–Kier alpha value is -2.03. The predicted molar refractivity (Wildman–Crippen MR) is 83.9 cm³/mol. The first-order chi connectivity index (χ1) is 9.61. The van der Waals surface area contributed by atoms with Crippen LogP contribution in [0.25, 0.3) is 20.9 Å². The molecule has 20 heavy (non-hydrogen) atoms. The quantitative estimate of drug-likeness (QED) is 0.739. The fourth-order valence-electron chi connectivity index (χ4n) is 2.24. The number of nitriles is 1. The van der Waals surface area contributed by atoms with Crippen LogP contribution in [0.4, 0.5) is 5.69 Å². The van der Waals surface area contributed by atoms with Crippen molar-refractivity contribution in [2.24, 2.45) is 0 Å². The summed E-state index contributed by atoms with van der Waals surface area (Å²) in [6.07, 6.45) is 0. The Morgan fingerprint density at radius 3 is 2.70 bits per heavy atom. The van der Waals surface area contributed by atoms with Crippen LogP contribution >= 0.6 is 22.7 Å². The van der Waals surface area contributed by atoms with Crippen LogP contribution in [-0.4, -0.2) is 0 Å². The van der Waals surface area contributed by atoms with Gasteiger partial charge in [-0.15, -0.1) is 22.7 Å². The zero-order valence-corrected chi connectivity index (χ0v) is 12.7. The predicted octanol–water partition coefficient (Wildman–Crippen LogP) is 4.81. The van der Waals surface area contributed by atoms with E-state index in [-0.39, 0.29) is 0 Å². The van der Waals surface area contributed by atoms with Crippen molar-refractivity contribution < 1.29 is 4.42 Å². The van der Waals surface area contributed by atoms with E-state index in [9.17, 15) is 5.26 Å². The van der Waals surface area contributed by atoms with Crippen molar-refractivity contribution in [1.29, 1.82) is 5.26 Å². The summed E-state index contributed by atoms with van der Waals surface area (Å²) < 4.78 is 5.61. The highest BCUT2D eigenvalue weighted by Crippen LogP contribution is 2.47. The third-order valence-corrected chi connectivity index (χ3v) is 5.13. The van der Waals surface area contributed by atoms with Crippen LogP contribution in [0, 0.1) is 25.2 Å². The van der Waals surface area contributed by atoms with Crippen molar-refractivity contribution in [3.63, 3.8) is 0 Å². The minimum absolute atomic E-state index is 0.557. The Balaban J connectivity index is 2.31. The molecular weight excluding hydrogens is 288 g/mol. The maximum atomic E-state index is 9.24. The van der Waals surface area contributed by atoms with Crippen LogP contribution in [0.5, 0.6) is 0 Å². The SMILES string of the molecule is Cc1cc(-c2sc(C#N)c(N)c2-c2cccs2)c(C)o1. The van der Waals surface area contributed by atoms with Gasteiger partial charge in [-0.05, 0) is 31.4 Å². The van der Waals surface area contributed by atoms with Gasteiger partial charge in [0.05, 0.1) is 5.69 Å². The van der Waals surface area contributed by atoms with Gasteiger partial charge in [-0.25, -0.2) is 0 Å². The van der Waals surface area contributed by atoms with Gasteiger partial charge in [0.25, 0.3) is 0 Å². The lowest BCUT2D eigenvalue weighted by Crippen LogP contribution is -1.87. The molecule has 100 valence electrons. The molecule has 0 aliphatic heterocycles. The molecule has 0 bridgehead atoms. The monoisotopic (exact) mass is 300 g/mol. The summed E-state index contributed by atoms with van der Waals surface area (Å²) in [5.41, 5.74) is 8.69. The van der Waals surface area contributed by atoms with E-state index in [1.54, 1.807) is 11.3 Å². The van der Waals surface area contributed by atoms with E-state index in [2.05, 4.69) is 6.07 Å². The largest absolute Gasteiger partial charge is 0.466 e. The molecule has 3 heterocycles. The zero-order valence-electron chi connectivity index (χ0n) is 11.1. The van der Waals surface area contributed by atoms with E-state index in [0.29, 0.717) is 10.6 Å². The molecule has 3 aromatic heterocycles. The van der Waals surface area contributed by atoms with Gasteiger partial charge in [0, 0.05) is 20.9 Å². The Morgan fingerprint density at radius 1 is 1.35 bits per heavy atom. The number of furan rings is 1. The number of nitrogen functional groups attached to an aromatic ring is 1. The molecule has 2 N–H and O–H groups in total. The van der Waals surface area contributed by atoms with E-state index >= 15 is 0 Å². The normalized spacial score (nSPS) is 10.7. The standard InChI is InChI=1S/C15H12N2OS2/c1-8-6-10(9(2)18-8)15-13(11-4-3-5-19-11)14(17)12(7-16)20-15/h3-6H,17H2,1-2H3. The Morgan fingerprint density at radius 2 is 2.15 bits per heavy atom. The van der Waals surface area contributed by atoms with E-state index < -0.39 is 0 Å². The second kappa shape index (κ2) is 4.82. The molecular formula is C15H12N2OS2. The Labute approximate surface area is 124 Å². The lowest BCUT2D eigenvalue weighted by atomic mass is 10.1. The third kappa shape index (κ3) is 1.94. The first kappa shape index (κ1) is 13.0. The van der Waals surface area contributed by atoms with Crippen molar-refractivity contribution in [2.45, 2.75) is 13.8 Å². The van der Waals surface area contributed by atoms with Crippen molar-refractivity contribution in [1.82, 2.24) is 0 Å². The highest BCUT2D eigenvalue weighted by Gasteiger charge is 2.22. The minimum atomic E-state index is 0.557. The number of hydrogen-bond acceptors (Lipinski definition) is 5. The molecule has 0 unspecified atom stereocenters. The van der Waals surface area contributed by atoms with Gasteiger partial charge in [0.2, 0.25) is 0 Å². The molecule has 0 atom stereocenters. The molecule has 0 aliphatic rings. The summed E-state index contributed by atoms with van der Waals surface area (Å²) in [5.74, 6) is 1.71. The van der Waals surface area contributed by atoms with E-state index in [0.717, 1.165) is 32.4 Å². The van der Waals surface area contributed by atoms with E-state index in [4.69, 9.17) is 10.2 Å². The summed E-state index contributed by atoms with van der Waals surface area (Å²) >= 11 is 3.05. The van der Waals surface area contributed by atoms with Crippen molar-refractivity contribution in [2.75, 3.05) is 5.73 Å². The molecule has 0 aromatic carbocycles. The van der Waals surface area contributed by atoms with Crippen molar-refractivity contribution in [3.8, 4) is 27.0 Å². The lowest BCUT2D eigenvalue weighted by molar-refractivity contribution is 0.505. The fraction of sp³-hybridized carbons (Fsp3) is 0.133. The molecule has 0 radical (unpaired) electrons. The smallest absolute Gasteiger partial charge is 0.129 e. The molecule has 0 amide bonds. The third-order valence-electron chi connectivity index (χ3n) is 3.10. The van der Waals surface area contributed by atoms with E-state index in [1.165, 1.54) is 11.3 Å². The number of hydrogen-bond donors (Lipinski definition) is 1. The highest BCUT2D eigenvalue weighted by atomic mass is 32.1. The van der Waals surface area contributed by atoms with Crippen LogP contribution in [0.1, 0.15) is 16.4 Å². The van der Waals surface area contributed by atoms with Crippen LogP contribution < -0.4 is 5.73 Å². The fourth-order valence-corrected chi connectivity index (χ4v) is 4.19. The van der Waals surface area contributed by atoms with Crippen LogP contribution in [0.15, 0.2) is 28.0 Å². The van der Waals surface area contributed by atoms with Gasteiger partial charge >= 0.3 is 0 Å². The average molecular weight is 300 g/mol. The molecule has 0 spiro atoms. The van der Waals surface area contributed by atoms with E-state index in [1.807, 2.05) is 37.4 Å². The Bertz CT molecular complexity index is 804. The number of rotatable bonds is 2. The second-order valence-electron chi connectivity index (χ2n) is 4.47. The van der Waals surface area contributed by atoms with Gasteiger partial charge < -0.3 is 10.2 Å². The number of nitrogens with zero attached hydrogens (tertiary/aromatic N) is 1. The first-order valence-electron chi connectivity index (χ1n) is 6.05. The molecule has 0 saturated heterocycles. The topological polar surface area (TPSA) is 63.0 Å². The minimum Gasteiger partial charge on any atom is -0.466 e. The summed E-state index contributed by atoms with van der Waals surface area (Å²) in [6, 6.07) is 8.19. The summed E-state index contributed by atoms with van der Waals surface area (Å²) in [5, 5.41) is 11.2. The van der Waals surface area contributed by atoms with Crippen LogP contribution in [-0.2, 0) is 0 Å². The maximum Gasteiger partial charge on any atom is 0.129 e. The van der Waals surface area contributed by atoms with Crippen molar-refractivity contribution >= 4 is 28.4 Å². The molecule has 3 rings (SSSR count). The summed E-state index contributed by atoms with van der Waals surface area (Å²) in [7, 11) is 0. The second-order valence-corrected chi connectivity index (χ2v) is 6.43. The van der Waals surface area contributed by atoms with Crippen LogP contribution in [0.2, 0.25) is 0 Å². The number of anilines is 1. The molecule has 0 fully saturated rings. The first-order valence-corrected chi connectivity index (χ1v) is 7.75. The summed E-state index contributed by atoms with van der Waals surface area (Å²) in [4.78, 5) is 2.64. The average Bonchev–Trinajstić information content (AvgIpc) is 3.09. The zero-order chi connectivity index (χ0) is 14.3. The number of nitrogens with two attached hydrogens (primary N) is 1. The lowest BCUT2D eigenvalue weighted by Gasteiger charge is -2.01. The van der Waals surface area contributed by atoms with Gasteiger partial charge in [-0.2, -0.15) is 5.26 Å². The van der Waals surface area contributed by atoms with Gasteiger partial charge in [-0.3, -0.25) is 0 Å². The van der Waals surface area contributed by atoms with Gasteiger partial charge in [0.15, 0.2) is 0 Å². The molecule has 0 saturated carbocycles. The maximum absolute atomic E-state index is 9.24. The number of aryl methyl sites for hydroxylation is 2. The van der Waals surface area contributed by atoms with Gasteiger partial charge in [-0.1, -0.05) is 6.07 Å². The number of thiophene rings is 2. The Kier molecular flexibility index (Phi) is 3.13. The summed E-state index contributed by atoms with van der Waals surface area (Å²) in [6.45, 7) is 3.85. The van der Waals surface area contributed by atoms with Crippen LogP contribution in [0.3, 0.4) is 0 Å². The molecule has 0 aliphatic carbocycles. The van der Waals surface area contributed by atoms with Crippen molar-refractivity contribution in [3.05, 3.63) is 40.0 Å². The molecule has 3 aromatic rings. The van der Waals surface area contributed by atoms with Gasteiger partial charge in [0.1, 0.15) is 22.5 Å².